The normalized spacial score (nSPS) is 11.2. The summed E-state index contributed by atoms with van der Waals surface area (Å²) in [5.41, 5.74) is 1.27. The van der Waals surface area contributed by atoms with Gasteiger partial charge in [0.25, 0.3) is 0 Å². The Balaban J connectivity index is 2.17. The lowest BCUT2D eigenvalue weighted by molar-refractivity contribution is 0.311. The Morgan fingerprint density at radius 3 is 2.41 bits per heavy atom. The van der Waals surface area contributed by atoms with E-state index in [0.29, 0.717) is 40.1 Å². The highest BCUT2D eigenvalue weighted by atomic mass is 35.5. The molecule has 0 aliphatic heterocycles. The first kappa shape index (κ1) is 21.7. The van der Waals surface area contributed by atoms with Crippen LogP contribution in [-0.2, 0) is 6.42 Å². The lowest BCUT2D eigenvalue weighted by atomic mass is 9.95. The second-order valence-corrected chi connectivity index (χ2v) is 7.27. The molecule has 0 heterocycles. The fourth-order valence-electron chi connectivity index (χ4n) is 2.77. The number of hydrogen-bond acceptors (Lipinski definition) is 3. The third-order valence-corrected chi connectivity index (χ3v) is 4.79. The third kappa shape index (κ3) is 5.71. The van der Waals surface area contributed by atoms with Gasteiger partial charge in [0.05, 0.1) is 0 Å². The fourth-order valence-corrected chi connectivity index (χ4v) is 3.37. The van der Waals surface area contributed by atoms with Gasteiger partial charge in [0, 0.05) is 35.1 Å². The van der Waals surface area contributed by atoms with Crippen LogP contribution >= 0.6 is 23.2 Å². The summed E-state index contributed by atoms with van der Waals surface area (Å²) in [5, 5.41) is 13.5. The van der Waals surface area contributed by atoms with Crippen molar-refractivity contribution in [1.82, 2.24) is 5.32 Å². The molecule has 148 valence electrons. The van der Waals surface area contributed by atoms with Crippen LogP contribution in [0.1, 0.15) is 36.5 Å². The summed E-state index contributed by atoms with van der Waals surface area (Å²) in [6, 6.07) is 6.26. The zero-order valence-corrected chi connectivity index (χ0v) is 16.8. The molecule has 2 N–H and O–H groups in total. The molecule has 0 aliphatic carbocycles. The van der Waals surface area contributed by atoms with Crippen LogP contribution in [0.4, 0.5) is 8.78 Å². The van der Waals surface area contributed by atoms with Gasteiger partial charge in [-0.15, -0.1) is 0 Å². The minimum Gasteiger partial charge on any atom is -0.508 e. The standard InChI is InChI=1S/C20H23Cl2F2NO2/c1-12(2)19-18(26)4-3-13(20(19)24)9-15-16(21)10-14(11-17(15)22)27-8-7-25-6-5-23/h3-4,10-12,25-26H,5-9H2,1-2H3. The summed E-state index contributed by atoms with van der Waals surface area (Å²) in [6.45, 7) is 4.32. The van der Waals surface area contributed by atoms with E-state index in [-0.39, 0.29) is 30.2 Å². The first-order valence-electron chi connectivity index (χ1n) is 8.72. The molecule has 27 heavy (non-hydrogen) atoms. The Kier molecular flexibility index (Phi) is 8.14. The molecule has 0 fully saturated rings. The van der Waals surface area contributed by atoms with E-state index in [1.807, 2.05) is 13.8 Å². The van der Waals surface area contributed by atoms with E-state index in [2.05, 4.69) is 5.32 Å². The van der Waals surface area contributed by atoms with Crippen molar-refractivity contribution < 1.29 is 18.6 Å². The molecule has 0 unspecified atom stereocenters. The monoisotopic (exact) mass is 417 g/mol. The lowest BCUT2D eigenvalue weighted by Crippen LogP contribution is -2.23. The number of nitrogens with one attached hydrogen (secondary N) is 1. The molecule has 0 atom stereocenters. The van der Waals surface area contributed by atoms with Crippen molar-refractivity contribution >= 4 is 23.2 Å². The molecular weight excluding hydrogens is 395 g/mol. The molecule has 7 heteroatoms. The Morgan fingerprint density at radius 2 is 1.81 bits per heavy atom. The first-order valence-corrected chi connectivity index (χ1v) is 9.48. The van der Waals surface area contributed by atoms with Crippen LogP contribution < -0.4 is 10.1 Å². The third-order valence-electron chi connectivity index (χ3n) is 4.11. The van der Waals surface area contributed by atoms with E-state index < -0.39 is 12.5 Å². The fraction of sp³-hybridized carbons (Fsp3) is 0.400. The van der Waals surface area contributed by atoms with Gasteiger partial charge in [-0.1, -0.05) is 43.1 Å². The number of rotatable bonds is 9. The zero-order chi connectivity index (χ0) is 20.0. The summed E-state index contributed by atoms with van der Waals surface area (Å²) in [6.07, 6.45) is 0.196. The molecule has 0 radical (unpaired) electrons. The van der Waals surface area contributed by atoms with Crippen LogP contribution in [0.3, 0.4) is 0 Å². The van der Waals surface area contributed by atoms with Crippen molar-refractivity contribution in [3.05, 3.63) is 56.8 Å². The van der Waals surface area contributed by atoms with E-state index in [9.17, 15) is 13.9 Å². The molecule has 2 aromatic rings. The maximum atomic E-state index is 14.8. The molecule has 0 spiro atoms. The van der Waals surface area contributed by atoms with E-state index in [1.54, 1.807) is 12.1 Å². The van der Waals surface area contributed by atoms with Gasteiger partial charge >= 0.3 is 0 Å². The number of halogens is 4. The van der Waals surface area contributed by atoms with Gasteiger partial charge < -0.3 is 15.2 Å². The smallest absolute Gasteiger partial charge is 0.133 e. The minimum absolute atomic E-state index is 0.0615. The number of ether oxygens (including phenoxy) is 1. The molecule has 0 bridgehead atoms. The maximum absolute atomic E-state index is 14.8. The number of alkyl halides is 1. The average Bonchev–Trinajstić information content (AvgIpc) is 2.59. The van der Waals surface area contributed by atoms with Gasteiger partial charge in [0.2, 0.25) is 0 Å². The van der Waals surface area contributed by atoms with Crippen LogP contribution in [0.2, 0.25) is 10.0 Å². The Labute approximate surface area is 168 Å². The highest BCUT2D eigenvalue weighted by Gasteiger charge is 2.18. The summed E-state index contributed by atoms with van der Waals surface area (Å²) in [7, 11) is 0. The Hall–Kier alpha value is -1.56. The maximum Gasteiger partial charge on any atom is 0.133 e. The summed E-state index contributed by atoms with van der Waals surface area (Å²) in [5.74, 6) is -0.174. The molecule has 0 aromatic heterocycles. The molecule has 3 nitrogen and oxygen atoms in total. The number of phenols is 1. The predicted molar refractivity (Wildman–Crippen MR) is 106 cm³/mol. The Bertz CT molecular complexity index is 762. The van der Waals surface area contributed by atoms with Crippen molar-refractivity contribution in [3.8, 4) is 11.5 Å². The van der Waals surface area contributed by atoms with Crippen LogP contribution in [-0.4, -0.2) is 31.5 Å². The molecule has 0 amide bonds. The zero-order valence-electron chi connectivity index (χ0n) is 15.3. The first-order chi connectivity index (χ1) is 12.8. The lowest BCUT2D eigenvalue weighted by Gasteiger charge is -2.15. The summed E-state index contributed by atoms with van der Waals surface area (Å²) < 4.78 is 32.3. The van der Waals surface area contributed by atoms with Crippen LogP contribution in [0.5, 0.6) is 11.5 Å². The molecular formula is C20H23Cl2F2NO2. The van der Waals surface area contributed by atoms with Crippen molar-refractivity contribution in [2.45, 2.75) is 26.2 Å². The molecule has 2 aromatic carbocycles. The van der Waals surface area contributed by atoms with E-state index in [1.165, 1.54) is 12.1 Å². The molecule has 2 rings (SSSR count). The van der Waals surface area contributed by atoms with Gasteiger partial charge in [0.15, 0.2) is 0 Å². The molecule has 0 aliphatic rings. The van der Waals surface area contributed by atoms with Crippen LogP contribution in [0.25, 0.3) is 0 Å². The highest BCUT2D eigenvalue weighted by molar-refractivity contribution is 6.36. The van der Waals surface area contributed by atoms with Gasteiger partial charge in [0.1, 0.15) is 30.6 Å². The average molecular weight is 418 g/mol. The van der Waals surface area contributed by atoms with E-state index in [0.717, 1.165) is 0 Å². The number of phenolic OH excluding ortho intramolecular Hbond substituents is 1. The van der Waals surface area contributed by atoms with Crippen molar-refractivity contribution in [3.63, 3.8) is 0 Å². The topological polar surface area (TPSA) is 41.5 Å². The minimum atomic E-state index is -0.448. The van der Waals surface area contributed by atoms with Gasteiger partial charge in [-0.2, -0.15) is 0 Å². The van der Waals surface area contributed by atoms with Crippen molar-refractivity contribution in [1.29, 1.82) is 0 Å². The summed E-state index contributed by atoms with van der Waals surface area (Å²) >= 11 is 12.7. The number of hydrogen-bond donors (Lipinski definition) is 2. The largest absolute Gasteiger partial charge is 0.508 e. The quantitative estimate of drug-likeness (QED) is 0.529. The second-order valence-electron chi connectivity index (χ2n) is 6.46. The SMILES string of the molecule is CC(C)c1c(O)ccc(Cc2c(Cl)cc(OCCNCCF)cc2Cl)c1F. The van der Waals surface area contributed by atoms with Gasteiger partial charge in [-0.05, 0) is 35.2 Å². The van der Waals surface area contributed by atoms with Gasteiger partial charge in [-0.25, -0.2) is 8.78 Å². The predicted octanol–water partition coefficient (Wildman–Crippen LogP) is 5.49. The number of benzene rings is 2. The molecule has 0 saturated carbocycles. The van der Waals surface area contributed by atoms with E-state index >= 15 is 0 Å². The van der Waals surface area contributed by atoms with Crippen LogP contribution in [0, 0.1) is 5.82 Å². The highest BCUT2D eigenvalue weighted by Crippen LogP contribution is 2.35. The van der Waals surface area contributed by atoms with E-state index in [4.69, 9.17) is 27.9 Å². The van der Waals surface area contributed by atoms with Crippen molar-refractivity contribution in [2.24, 2.45) is 0 Å². The molecule has 0 saturated heterocycles. The number of aromatic hydroxyl groups is 1. The van der Waals surface area contributed by atoms with Crippen molar-refractivity contribution in [2.75, 3.05) is 26.4 Å². The van der Waals surface area contributed by atoms with Gasteiger partial charge in [-0.3, -0.25) is 0 Å². The second kappa shape index (κ2) is 10.1. The van der Waals surface area contributed by atoms with Crippen LogP contribution in [0.15, 0.2) is 24.3 Å². The Morgan fingerprint density at radius 1 is 1.15 bits per heavy atom. The summed E-state index contributed by atoms with van der Waals surface area (Å²) in [4.78, 5) is 0.